The highest BCUT2D eigenvalue weighted by Gasteiger charge is 2.30. The van der Waals surface area contributed by atoms with Gasteiger partial charge in [0.05, 0.1) is 30.9 Å². The maximum Gasteiger partial charge on any atom is 0.341 e. The van der Waals surface area contributed by atoms with Crippen molar-refractivity contribution in [2.24, 2.45) is 0 Å². The normalized spacial score (nSPS) is 15.5. The van der Waals surface area contributed by atoms with Crippen molar-refractivity contribution < 1.29 is 23.8 Å². The zero-order valence-corrected chi connectivity index (χ0v) is 20.4. The number of hydrogen-bond acceptors (Lipinski definition) is 6. The van der Waals surface area contributed by atoms with Crippen molar-refractivity contribution >= 4 is 50.2 Å². The van der Waals surface area contributed by atoms with Gasteiger partial charge in [-0.05, 0) is 77.4 Å². The van der Waals surface area contributed by atoms with Crippen molar-refractivity contribution in [2.75, 3.05) is 26.1 Å². The molecule has 166 valence electrons. The fourth-order valence-electron chi connectivity index (χ4n) is 3.76. The molecule has 1 aliphatic carbocycles. The minimum Gasteiger partial charge on any atom is -0.493 e. The molecule has 0 radical (unpaired) electrons. The van der Waals surface area contributed by atoms with Crippen LogP contribution in [-0.4, -0.2) is 32.7 Å². The molecule has 0 bridgehead atoms. The number of carbonyl (C=O) groups excluding carboxylic acids is 2. The first-order chi connectivity index (χ1) is 14.9. The lowest BCUT2D eigenvalue weighted by molar-refractivity contribution is -0.111. The highest BCUT2D eigenvalue weighted by molar-refractivity contribution is 9.10. The second kappa shape index (κ2) is 10.3. The van der Waals surface area contributed by atoms with Crippen LogP contribution in [0.5, 0.6) is 11.5 Å². The minimum absolute atomic E-state index is 0.268. The van der Waals surface area contributed by atoms with Gasteiger partial charge in [0.1, 0.15) is 5.00 Å². The van der Waals surface area contributed by atoms with E-state index in [-0.39, 0.29) is 17.8 Å². The van der Waals surface area contributed by atoms with Crippen LogP contribution in [0.2, 0.25) is 0 Å². The quantitative estimate of drug-likeness (QED) is 0.378. The monoisotopic (exact) mass is 507 g/mol. The zero-order valence-electron chi connectivity index (χ0n) is 18.0. The number of aryl methyl sites for hydroxylation is 1. The van der Waals surface area contributed by atoms with Crippen LogP contribution in [0.1, 0.15) is 59.0 Å². The molecule has 1 heterocycles. The van der Waals surface area contributed by atoms with Gasteiger partial charge in [0.15, 0.2) is 11.5 Å². The van der Waals surface area contributed by atoms with Gasteiger partial charge in [0.2, 0.25) is 5.91 Å². The topological polar surface area (TPSA) is 73.9 Å². The highest BCUT2D eigenvalue weighted by atomic mass is 79.9. The first kappa shape index (κ1) is 23.3. The molecule has 1 aliphatic rings. The molecule has 1 unspecified atom stereocenters. The predicted molar refractivity (Wildman–Crippen MR) is 127 cm³/mol. The summed E-state index contributed by atoms with van der Waals surface area (Å²) in [5.41, 5.74) is 2.30. The molecule has 0 aliphatic heterocycles. The SMILES string of the molecule is CCOC(=O)c1c(NC(=O)/C=C/c2cc(Br)c(OC)c(OC)c2)sc2c1C(C)CCC2. The molecular weight excluding hydrogens is 482 g/mol. The van der Waals surface area contributed by atoms with Crippen molar-refractivity contribution in [2.45, 2.75) is 39.0 Å². The van der Waals surface area contributed by atoms with E-state index >= 15 is 0 Å². The molecule has 1 aromatic carbocycles. The summed E-state index contributed by atoms with van der Waals surface area (Å²) in [5, 5.41) is 3.44. The number of ether oxygens (including phenoxy) is 3. The molecule has 1 aromatic heterocycles. The molecule has 0 fully saturated rings. The minimum atomic E-state index is -0.378. The summed E-state index contributed by atoms with van der Waals surface area (Å²) in [5.74, 6) is 0.715. The molecule has 1 atom stereocenters. The lowest BCUT2D eigenvalue weighted by atomic mass is 9.86. The fraction of sp³-hybridized carbons (Fsp3) is 0.391. The van der Waals surface area contributed by atoms with Crippen LogP contribution in [0.25, 0.3) is 6.08 Å². The Bertz CT molecular complexity index is 1010. The Balaban J connectivity index is 1.85. The van der Waals surface area contributed by atoms with Crippen LogP contribution >= 0.6 is 27.3 Å². The van der Waals surface area contributed by atoms with E-state index in [1.165, 1.54) is 17.4 Å². The number of carbonyl (C=O) groups is 2. The summed E-state index contributed by atoms with van der Waals surface area (Å²) in [6, 6.07) is 3.61. The number of halogens is 1. The Morgan fingerprint density at radius 3 is 2.74 bits per heavy atom. The Morgan fingerprint density at radius 2 is 2.06 bits per heavy atom. The summed E-state index contributed by atoms with van der Waals surface area (Å²) < 4.78 is 16.7. The summed E-state index contributed by atoms with van der Waals surface area (Å²) >= 11 is 4.92. The van der Waals surface area contributed by atoms with Crippen molar-refractivity contribution in [3.05, 3.63) is 44.2 Å². The van der Waals surface area contributed by atoms with E-state index in [9.17, 15) is 9.59 Å². The molecular formula is C23H26BrNO5S. The van der Waals surface area contributed by atoms with E-state index in [4.69, 9.17) is 14.2 Å². The Labute approximate surface area is 194 Å². The highest BCUT2D eigenvalue weighted by Crippen LogP contribution is 2.43. The van der Waals surface area contributed by atoms with Gasteiger partial charge < -0.3 is 19.5 Å². The Kier molecular flexibility index (Phi) is 7.78. The number of benzene rings is 1. The smallest absolute Gasteiger partial charge is 0.341 e. The molecule has 0 saturated carbocycles. The number of amides is 1. The summed E-state index contributed by atoms with van der Waals surface area (Å²) in [7, 11) is 3.12. The van der Waals surface area contributed by atoms with Gasteiger partial charge in [0.25, 0.3) is 0 Å². The Morgan fingerprint density at radius 1 is 1.29 bits per heavy atom. The summed E-state index contributed by atoms with van der Waals surface area (Å²) in [6.07, 6.45) is 6.14. The van der Waals surface area contributed by atoms with Gasteiger partial charge in [-0.25, -0.2) is 4.79 Å². The molecule has 3 rings (SSSR count). The van der Waals surface area contributed by atoms with E-state index in [2.05, 4.69) is 28.2 Å². The van der Waals surface area contributed by atoms with Crippen LogP contribution in [0.3, 0.4) is 0 Å². The van der Waals surface area contributed by atoms with Gasteiger partial charge in [-0.3, -0.25) is 4.79 Å². The average molecular weight is 508 g/mol. The van der Waals surface area contributed by atoms with Crippen molar-refractivity contribution in [1.29, 1.82) is 0 Å². The largest absolute Gasteiger partial charge is 0.493 e. The Hall–Kier alpha value is -2.32. The van der Waals surface area contributed by atoms with E-state index in [1.807, 2.05) is 6.07 Å². The van der Waals surface area contributed by atoms with E-state index in [0.717, 1.165) is 39.7 Å². The molecule has 1 N–H and O–H groups in total. The number of hydrogen-bond donors (Lipinski definition) is 1. The molecule has 0 saturated heterocycles. The average Bonchev–Trinajstić information content (AvgIpc) is 3.11. The number of thiophene rings is 1. The van der Waals surface area contributed by atoms with Crippen molar-refractivity contribution in [3.8, 4) is 11.5 Å². The van der Waals surface area contributed by atoms with Crippen LogP contribution in [0.4, 0.5) is 5.00 Å². The van der Waals surface area contributed by atoms with Gasteiger partial charge in [-0.1, -0.05) is 6.92 Å². The number of fused-ring (bicyclic) bond motifs is 1. The molecule has 1 amide bonds. The fourth-order valence-corrected chi connectivity index (χ4v) is 5.74. The molecule has 6 nitrogen and oxygen atoms in total. The van der Waals surface area contributed by atoms with Crippen molar-refractivity contribution in [3.63, 3.8) is 0 Å². The van der Waals surface area contributed by atoms with Gasteiger partial charge in [0, 0.05) is 11.0 Å². The van der Waals surface area contributed by atoms with E-state index in [1.54, 1.807) is 33.3 Å². The molecule has 8 heteroatoms. The van der Waals surface area contributed by atoms with Gasteiger partial charge >= 0.3 is 5.97 Å². The third kappa shape index (κ3) is 5.13. The number of esters is 1. The van der Waals surface area contributed by atoms with Crippen molar-refractivity contribution in [1.82, 2.24) is 0 Å². The third-order valence-electron chi connectivity index (χ3n) is 5.16. The maximum atomic E-state index is 12.7. The predicted octanol–water partition coefficient (Wildman–Crippen LogP) is 5.80. The number of nitrogens with one attached hydrogen (secondary N) is 1. The zero-order chi connectivity index (χ0) is 22.5. The van der Waals surface area contributed by atoms with Gasteiger partial charge in [-0.15, -0.1) is 11.3 Å². The van der Waals surface area contributed by atoms with Gasteiger partial charge in [-0.2, -0.15) is 0 Å². The third-order valence-corrected chi connectivity index (χ3v) is 6.92. The standard InChI is InChI=1S/C23H26BrNO5S/c1-5-30-23(27)20-19-13(2)7-6-8-17(19)31-22(20)25-18(26)10-9-14-11-15(24)21(29-4)16(12-14)28-3/h9-13H,5-8H2,1-4H3,(H,25,26)/b10-9+. The second-order valence-corrected chi connectivity index (χ2v) is 9.18. The van der Waals surface area contributed by atoms with Crippen LogP contribution in [0.15, 0.2) is 22.7 Å². The number of methoxy groups -OCH3 is 2. The lowest BCUT2D eigenvalue weighted by Crippen LogP contribution is -2.15. The van der Waals surface area contributed by atoms with Crippen LogP contribution in [0, 0.1) is 0 Å². The van der Waals surface area contributed by atoms with E-state index < -0.39 is 0 Å². The number of rotatable bonds is 7. The first-order valence-corrected chi connectivity index (χ1v) is 11.7. The van der Waals surface area contributed by atoms with Crippen LogP contribution in [-0.2, 0) is 16.0 Å². The summed E-state index contributed by atoms with van der Waals surface area (Å²) in [6.45, 7) is 4.19. The molecule has 31 heavy (non-hydrogen) atoms. The summed E-state index contributed by atoms with van der Waals surface area (Å²) in [4.78, 5) is 26.5. The number of anilines is 1. The molecule has 2 aromatic rings. The van der Waals surface area contributed by atoms with Crippen LogP contribution < -0.4 is 14.8 Å². The second-order valence-electron chi connectivity index (χ2n) is 7.22. The molecule has 0 spiro atoms. The maximum absolute atomic E-state index is 12.7. The van der Waals surface area contributed by atoms with E-state index in [0.29, 0.717) is 28.7 Å². The lowest BCUT2D eigenvalue weighted by Gasteiger charge is -2.19. The first-order valence-electron chi connectivity index (χ1n) is 10.1.